The van der Waals surface area contributed by atoms with E-state index in [0.717, 1.165) is 27.9 Å². The lowest BCUT2D eigenvalue weighted by Gasteiger charge is -2.10. The summed E-state index contributed by atoms with van der Waals surface area (Å²) in [5.41, 5.74) is 6.91. The summed E-state index contributed by atoms with van der Waals surface area (Å²) in [6.45, 7) is 0. The number of benzene rings is 2. The molecule has 1 amide bonds. The maximum absolute atomic E-state index is 12.3. The molecule has 0 saturated carbocycles. The number of hydrogen-bond acceptors (Lipinski definition) is 2. The van der Waals surface area contributed by atoms with Crippen LogP contribution in [0.1, 0.15) is 5.56 Å². The van der Waals surface area contributed by atoms with Crippen LogP contribution in [0.5, 0.6) is 5.75 Å². The fourth-order valence-electron chi connectivity index (χ4n) is 2.58. The van der Waals surface area contributed by atoms with Crippen LogP contribution in [-0.2, 0) is 11.2 Å². The molecule has 3 aromatic rings. The first-order valence-corrected chi connectivity index (χ1v) is 7.50. The predicted octanol–water partition coefficient (Wildman–Crippen LogP) is 1.97. The molecule has 23 heavy (non-hydrogen) atoms. The van der Waals surface area contributed by atoms with E-state index in [2.05, 4.69) is 22.1 Å². The number of quaternary nitrogens is 1. The lowest BCUT2D eigenvalue weighted by atomic mass is 10.0. The van der Waals surface area contributed by atoms with Crippen molar-refractivity contribution >= 4 is 22.5 Å². The van der Waals surface area contributed by atoms with Crippen LogP contribution >= 0.6 is 0 Å². The molecule has 1 aromatic heterocycles. The second-order valence-corrected chi connectivity index (χ2v) is 5.48. The zero-order chi connectivity index (χ0) is 16.2. The molecule has 5 nitrogen and oxygen atoms in total. The number of carbonyl (C=O) groups excluding carboxylic acids is 1. The van der Waals surface area contributed by atoms with Crippen LogP contribution in [0.25, 0.3) is 10.9 Å². The maximum atomic E-state index is 12.3. The van der Waals surface area contributed by atoms with Crippen molar-refractivity contribution in [3.05, 3.63) is 60.3 Å². The lowest BCUT2D eigenvalue weighted by molar-refractivity contribution is -0.402. The van der Waals surface area contributed by atoms with Gasteiger partial charge in [-0.1, -0.05) is 18.2 Å². The van der Waals surface area contributed by atoms with E-state index < -0.39 is 0 Å². The second kappa shape index (κ2) is 6.54. The summed E-state index contributed by atoms with van der Waals surface area (Å²) in [6.07, 6.45) is 2.54. The Hall–Kier alpha value is -2.79. The Kier molecular flexibility index (Phi) is 4.30. The van der Waals surface area contributed by atoms with Gasteiger partial charge in [0.05, 0.1) is 7.11 Å². The van der Waals surface area contributed by atoms with Crippen LogP contribution < -0.4 is 15.8 Å². The molecule has 0 aliphatic heterocycles. The Bertz CT molecular complexity index is 809. The zero-order valence-electron chi connectivity index (χ0n) is 13.0. The number of hydrogen-bond donors (Lipinski definition) is 3. The zero-order valence-corrected chi connectivity index (χ0v) is 13.0. The van der Waals surface area contributed by atoms with Crippen LogP contribution in [-0.4, -0.2) is 24.0 Å². The number of amides is 1. The second-order valence-electron chi connectivity index (χ2n) is 5.48. The molecule has 0 aliphatic carbocycles. The van der Waals surface area contributed by atoms with E-state index in [4.69, 9.17) is 4.74 Å². The highest BCUT2D eigenvalue weighted by Gasteiger charge is 2.19. The fraction of sp³-hybridized carbons (Fsp3) is 0.167. The van der Waals surface area contributed by atoms with Gasteiger partial charge in [0.2, 0.25) is 0 Å². The summed E-state index contributed by atoms with van der Waals surface area (Å²) in [5.74, 6) is 0.661. The maximum Gasteiger partial charge on any atom is 0.282 e. The molecule has 0 fully saturated rings. The molecule has 118 valence electrons. The number of fused-ring (bicyclic) bond motifs is 1. The molecule has 1 heterocycles. The summed E-state index contributed by atoms with van der Waals surface area (Å²) >= 11 is 0. The van der Waals surface area contributed by atoms with E-state index in [-0.39, 0.29) is 11.9 Å². The molecule has 3 rings (SSSR count). The van der Waals surface area contributed by atoms with Gasteiger partial charge in [0, 0.05) is 29.2 Å². The highest BCUT2D eigenvalue weighted by Crippen LogP contribution is 2.19. The van der Waals surface area contributed by atoms with E-state index in [1.54, 1.807) is 7.11 Å². The molecular formula is C18H20N3O2+. The summed E-state index contributed by atoms with van der Waals surface area (Å²) in [6, 6.07) is 14.9. The number of carbonyl (C=O) groups is 1. The molecule has 1 atom stereocenters. The average molecular weight is 310 g/mol. The molecule has 5 heteroatoms. The van der Waals surface area contributed by atoms with Crippen molar-refractivity contribution in [2.75, 3.05) is 12.4 Å². The predicted molar refractivity (Wildman–Crippen MR) is 90.3 cm³/mol. The van der Waals surface area contributed by atoms with Gasteiger partial charge in [-0.15, -0.1) is 0 Å². The largest absolute Gasteiger partial charge is 0.497 e. The average Bonchev–Trinajstić information content (AvgIpc) is 2.98. The van der Waals surface area contributed by atoms with E-state index in [1.807, 2.05) is 48.7 Å². The number of methoxy groups -OCH3 is 1. The quantitative estimate of drug-likeness (QED) is 0.673. The molecule has 0 aliphatic rings. The topological polar surface area (TPSA) is 81.8 Å². The van der Waals surface area contributed by atoms with Crippen LogP contribution in [0.4, 0.5) is 5.69 Å². The number of aromatic nitrogens is 1. The van der Waals surface area contributed by atoms with Gasteiger partial charge in [-0.2, -0.15) is 0 Å². The van der Waals surface area contributed by atoms with Gasteiger partial charge in [0.25, 0.3) is 5.91 Å². The molecule has 0 unspecified atom stereocenters. The molecule has 0 radical (unpaired) electrons. The normalized spacial score (nSPS) is 12.1. The van der Waals surface area contributed by atoms with Crippen molar-refractivity contribution in [3.63, 3.8) is 0 Å². The summed E-state index contributed by atoms with van der Waals surface area (Å²) in [7, 11) is 1.61. The van der Waals surface area contributed by atoms with Crippen LogP contribution in [0.15, 0.2) is 54.7 Å². The molecule has 0 saturated heterocycles. The van der Waals surface area contributed by atoms with Crippen LogP contribution in [0.2, 0.25) is 0 Å². The van der Waals surface area contributed by atoms with Crippen molar-refractivity contribution in [2.45, 2.75) is 12.5 Å². The third kappa shape index (κ3) is 3.35. The minimum absolute atomic E-state index is 0.0968. The molecule has 2 aromatic carbocycles. The van der Waals surface area contributed by atoms with Gasteiger partial charge in [0.15, 0.2) is 6.04 Å². The third-order valence-corrected chi connectivity index (χ3v) is 3.87. The summed E-state index contributed by atoms with van der Waals surface area (Å²) in [4.78, 5) is 15.5. The summed E-state index contributed by atoms with van der Waals surface area (Å²) < 4.78 is 5.10. The highest BCUT2D eigenvalue weighted by atomic mass is 16.5. The van der Waals surface area contributed by atoms with E-state index in [0.29, 0.717) is 6.42 Å². The van der Waals surface area contributed by atoms with Crippen molar-refractivity contribution < 1.29 is 15.3 Å². The Morgan fingerprint density at radius 1 is 1.22 bits per heavy atom. The Morgan fingerprint density at radius 3 is 2.70 bits per heavy atom. The van der Waals surface area contributed by atoms with E-state index in [9.17, 15) is 4.79 Å². The monoisotopic (exact) mass is 310 g/mol. The summed E-state index contributed by atoms with van der Waals surface area (Å²) in [5, 5.41) is 4.02. The number of anilines is 1. The third-order valence-electron chi connectivity index (χ3n) is 3.87. The number of rotatable bonds is 5. The van der Waals surface area contributed by atoms with Gasteiger partial charge in [-0.05, 0) is 35.9 Å². The number of H-pyrrole nitrogens is 1. The van der Waals surface area contributed by atoms with E-state index in [1.165, 1.54) is 0 Å². The van der Waals surface area contributed by atoms with Crippen LogP contribution in [0.3, 0.4) is 0 Å². The number of para-hydroxylation sites is 1. The number of aromatic amines is 1. The Balaban J connectivity index is 1.67. The van der Waals surface area contributed by atoms with Crippen LogP contribution in [0, 0.1) is 0 Å². The van der Waals surface area contributed by atoms with Crippen molar-refractivity contribution in [2.24, 2.45) is 0 Å². The number of nitrogens with one attached hydrogen (secondary N) is 2. The number of ether oxygens (including phenoxy) is 1. The Labute approximate surface area is 134 Å². The SMILES string of the molecule is COc1ccc(NC(=O)[C@H]([NH3+])Cc2c[nH]c3ccccc23)cc1. The lowest BCUT2D eigenvalue weighted by Crippen LogP contribution is -2.67. The van der Waals surface area contributed by atoms with Crippen molar-refractivity contribution in [1.82, 2.24) is 4.98 Å². The van der Waals surface area contributed by atoms with Gasteiger partial charge < -0.3 is 20.8 Å². The Morgan fingerprint density at radius 2 is 1.96 bits per heavy atom. The smallest absolute Gasteiger partial charge is 0.282 e. The molecule has 5 N–H and O–H groups in total. The highest BCUT2D eigenvalue weighted by molar-refractivity contribution is 5.94. The van der Waals surface area contributed by atoms with Crippen molar-refractivity contribution in [1.29, 1.82) is 0 Å². The van der Waals surface area contributed by atoms with Gasteiger partial charge >= 0.3 is 0 Å². The molecule has 0 spiro atoms. The standard InChI is InChI=1S/C18H19N3O2/c1-23-14-8-6-13(7-9-14)21-18(22)16(19)10-12-11-20-17-5-3-2-4-15(12)17/h2-9,11,16,20H,10,19H2,1H3,(H,21,22)/p+1/t16-/m1/s1. The molecule has 0 bridgehead atoms. The minimum atomic E-state index is -0.365. The first kappa shape index (κ1) is 15.1. The first-order valence-electron chi connectivity index (χ1n) is 7.50. The fourth-order valence-corrected chi connectivity index (χ4v) is 2.58. The minimum Gasteiger partial charge on any atom is -0.497 e. The van der Waals surface area contributed by atoms with Crippen molar-refractivity contribution in [3.8, 4) is 5.75 Å². The van der Waals surface area contributed by atoms with Gasteiger partial charge in [0.1, 0.15) is 5.75 Å². The van der Waals surface area contributed by atoms with Gasteiger partial charge in [-0.25, -0.2) is 0 Å². The molecular weight excluding hydrogens is 290 g/mol. The van der Waals surface area contributed by atoms with Gasteiger partial charge in [-0.3, -0.25) is 4.79 Å². The van der Waals surface area contributed by atoms with E-state index >= 15 is 0 Å². The first-order chi connectivity index (χ1) is 11.2.